The van der Waals surface area contributed by atoms with Crippen LogP contribution in [-0.2, 0) is 0 Å². The van der Waals surface area contributed by atoms with Crippen molar-refractivity contribution in [2.24, 2.45) is 0 Å². The Labute approximate surface area is 127 Å². The molecule has 0 bridgehead atoms. The van der Waals surface area contributed by atoms with Crippen LogP contribution in [0.5, 0.6) is 5.75 Å². The molecule has 104 valence electrons. The molecule has 0 aliphatic carbocycles. The number of carbonyl (C=O) groups is 1. The van der Waals surface area contributed by atoms with Crippen molar-refractivity contribution in [2.75, 3.05) is 11.9 Å². The van der Waals surface area contributed by atoms with Crippen LogP contribution < -0.4 is 10.1 Å². The number of hydrogen-bond acceptors (Lipinski definition) is 2. The molecule has 0 saturated heterocycles. The van der Waals surface area contributed by atoms with Gasteiger partial charge in [0.15, 0.2) is 0 Å². The van der Waals surface area contributed by atoms with Gasteiger partial charge in [0.1, 0.15) is 5.75 Å². The van der Waals surface area contributed by atoms with Crippen LogP contribution in [0.15, 0.2) is 53.0 Å². The monoisotopic (exact) mass is 333 g/mol. The fraction of sp³-hybridized carbons (Fsp3) is 0.188. The largest absolute Gasteiger partial charge is 0.494 e. The Morgan fingerprint density at radius 1 is 1.20 bits per heavy atom. The van der Waals surface area contributed by atoms with Crippen LogP contribution in [0.2, 0.25) is 0 Å². The summed E-state index contributed by atoms with van der Waals surface area (Å²) in [7, 11) is 0. The fourth-order valence-corrected chi connectivity index (χ4v) is 2.19. The van der Waals surface area contributed by atoms with Crippen molar-refractivity contribution in [1.29, 1.82) is 0 Å². The maximum Gasteiger partial charge on any atom is 0.256 e. The molecule has 1 amide bonds. The summed E-state index contributed by atoms with van der Waals surface area (Å²) in [5.41, 5.74) is 1.33. The van der Waals surface area contributed by atoms with E-state index in [0.717, 1.165) is 22.3 Å². The minimum absolute atomic E-state index is 0.148. The Morgan fingerprint density at radius 3 is 2.75 bits per heavy atom. The molecule has 0 spiro atoms. The molecule has 2 aromatic carbocycles. The lowest BCUT2D eigenvalue weighted by Crippen LogP contribution is -2.12. The molecule has 0 heterocycles. The minimum Gasteiger partial charge on any atom is -0.494 e. The summed E-state index contributed by atoms with van der Waals surface area (Å²) in [5.74, 6) is 0.613. The van der Waals surface area contributed by atoms with Gasteiger partial charge >= 0.3 is 0 Å². The molecular weight excluding hydrogens is 318 g/mol. The summed E-state index contributed by atoms with van der Waals surface area (Å²) >= 11 is 3.37. The van der Waals surface area contributed by atoms with Gasteiger partial charge < -0.3 is 10.1 Å². The van der Waals surface area contributed by atoms with E-state index in [1.807, 2.05) is 42.5 Å². The number of rotatable bonds is 5. The van der Waals surface area contributed by atoms with Gasteiger partial charge in [0.25, 0.3) is 5.91 Å². The number of anilines is 1. The quantitative estimate of drug-likeness (QED) is 0.875. The number of amides is 1. The predicted molar refractivity (Wildman–Crippen MR) is 84.3 cm³/mol. The van der Waals surface area contributed by atoms with Crippen LogP contribution in [0.3, 0.4) is 0 Å². The van der Waals surface area contributed by atoms with Crippen molar-refractivity contribution < 1.29 is 9.53 Å². The van der Waals surface area contributed by atoms with Crippen LogP contribution >= 0.6 is 15.9 Å². The molecule has 1 N–H and O–H groups in total. The number of halogens is 1. The third-order valence-electron chi connectivity index (χ3n) is 2.68. The molecule has 2 aromatic rings. The number of carbonyl (C=O) groups excluding carboxylic acids is 1. The Kier molecular flexibility index (Phi) is 5.18. The summed E-state index contributed by atoms with van der Waals surface area (Å²) in [6, 6.07) is 14.7. The number of ether oxygens (including phenoxy) is 1. The van der Waals surface area contributed by atoms with Crippen molar-refractivity contribution in [1.82, 2.24) is 0 Å². The van der Waals surface area contributed by atoms with Gasteiger partial charge in [-0.05, 0) is 46.6 Å². The molecule has 20 heavy (non-hydrogen) atoms. The lowest BCUT2D eigenvalue weighted by Gasteiger charge is -2.09. The second kappa shape index (κ2) is 7.10. The summed E-state index contributed by atoms with van der Waals surface area (Å²) in [6.45, 7) is 2.72. The molecule has 0 aliphatic heterocycles. The van der Waals surface area contributed by atoms with E-state index in [2.05, 4.69) is 28.2 Å². The second-order valence-electron chi connectivity index (χ2n) is 4.31. The van der Waals surface area contributed by atoms with E-state index in [4.69, 9.17) is 4.74 Å². The Bertz CT molecular complexity index is 599. The first-order chi connectivity index (χ1) is 9.70. The van der Waals surface area contributed by atoms with E-state index in [9.17, 15) is 4.79 Å². The second-order valence-corrected chi connectivity index (χ2v) is 5.16. The fourth-order valence-electron chi connectivity index (χ4n) is 1.73. The van der Waals surface area contributed by atoms with Crippen LogP contribution in [0.1, 0.15) is 23.7 Å². The van der Waals surface area contributed by atoms with Gasteiger partial charge in [-0.1, -0.05) is 25.1 Å². The topological polar surface area (TPSA) is 38.3 Å². The van der Waals surface area contributed by atoms with Gasteiger partial charge in [-0.2, -0.15) is 0 Å². The molecule has 0 aliphatic rings. The third-order valence-corrected chi connectivity index (χ3v) is 3.37. The third kappa shape index (κ3) is 3.84. The lowest BCUT2D eigenvalue weighted by atomic mass is 10.2. The van der Waals surface area contributed by atoms with Crippen molar-refractivity contribution in [2.45, 2.75) is 13.3 Å². The summed E-state index contributed by atoms with van der Waals surface area (Å²) in [6.07, 6.45) is 0.952. The zero-order chi connectivity index (χ0) is 14.4. The molecule has 0 atom stereocenters. The van der Waals surface area contributed by atoms with Gasteiger partial charge in [-0.3, -0.25) is 4.79 Å². The van der Waals surface area contributed by atoms with Crippen LogP contribution in [0.4, 0.5) is 5.69 Å². The maximum atomic E-state index is 12.2. The molecule has 0 radical (unpaired) electrons. The van der Waals surface area contributed by atoms with Crippen LogP contribution in [-0.4, -0.2) is 12.5 Å². The zero-order valence-electron chi connectivity index (χ0n) is 11.2. The highest BCUT2D eigenvalue weighted by molar-refractivity contribution is 9.10. The molecular formula is C16H16BrNO2. The molecule has 0 aromatic heterocycles. The average molecular weight is 334 g/mol. The van der Waals surface area contributed by atoms with Crippen molar-refractivity contribution in [3.8, 4) is 5.75 Å². The highest BCUT2D eigenvalue weighted by atomic mass is 79.9. The first-order valence-electron chi connectivity index (χ1n) is 6.49. The molecule has 0 unspecified atom stereocenters. The van der Waals surface area contributed by atoms with E-state index in [1.54, 1.807) is 6.07 Å². The summed E-state index contributed by atoms with van der Waals surface area (Å²) in [4.78, 5) is 12.2. The highest BCUT2D eigenvalue weighted by Gasteiger charge is 2.09. The standard InChI is InChI=1S/C16H16BrNO2/c1-2-10-20-13-7-5-6-12(11-13)18-16(19)14-8-3-4-9-15(14)17/h3-9,11H,2,10H2,1H3,(H,18,19). The molecule has 4 heteroatoms. The zero-order valence-corrected chi connectivity index (χ0v) is 12.8. The predicted octanol–water partition coefficient (Wildman–Crippen LogP) is 4.49. The first kappa shape index (κ1) is 14.6. The van der Waals surface area contributed by atoms with Crippen molar-refractivity contribution in [3.63, 3.8) is 0 Å². The van der Waals surface area contributed by atoms with Gasteiger partial charge in [0.2, 0.25) is 0 Å². The highest BCUT2D eigenvalue weighted by Crippen LogP contribution is 2.20. The van der Waals surface area contributed by atoms with Crippen LogP contribution in [0, 0.1) is 0 Å². The molecule has 0 saturated carbocycles. The number of nitrogens with one attached hydrogen (secondary N) is 1. The van der Waals surface area contributed by atoms with Gasteiger partial charge in [-0.25, -0.2) is 0 Å². The Balaban J connectivity index is 2.10. The average Bonchev–Trinajstić information content (AvgIpc) is 2.46. The Morgan fingerprint density at radius 2 is 2.00 bits per heavy atom. The SMILES string of the molecule is CCCOc1cccc(NC(=O)c2ccccc2Br)c1. The normalized spacial score (nSPS) is 10.1. The van der Waals surface area contributed by atoms with Gasteiger partial charge in [0, 0.05) is 16.2 Å². The summed E-state index contributed by atoms with van der Waals surface area (Å²) < 4.78 is 6.32. The van der Waals surface area contributed by atoms with Gasteiger partial charge in [-0.15, -0.1) is 0 Å². The van der Waals surface area contributed by atoms with Crippen molar-refractivity contribution >= 4 is 27.5 Å². The van der Waals surface area contributed by atoms with Gasteiger partial charge in [0.05, 0.1) is 12.2 Å². The Hall–Kier alpha value is -1.81. The van der Waals surface area contributed by atoms with E-state index < -0.39 is 0 Å². The summed E-state index contributed by atoms with van der Waals surface area (Å²) in [5, 5.41) is 2.87. The lowest BCUT2D eigenvalue weighted by molar-refractivity contribution is 0.102. The van der Waals surface area contributed by atoms with Crippen LogP contribution in [0.25, 0.3) is 0 Å². The smallest absolute Gasteiger partial charge is 0.256 e. The molecule has 0 fully saturated rings. The number of hydrogen-bond donors (Lipinski definition) is 1. The van der Waals surface area contributed by atoms with E-state index in [-0.39, 0.29) is 5.91 Å². The molecule has 2 rings (SSSR count). The van der Waals surface area contributed by atoms with E-state index >= 15 is 0 Å². The first-order valence-corrected chi connectivity index (χ1v) is 7.28. The maximum absolute atomic E-state index is 12.2. The number of benzene rings is 2. The van der Waals surface area contributed by atoms with E-state index in [0.29, 0.717) is 12.2 Å². The minimum atomic E-state index is -0.148. The molecule has 3 nitrogen and oxygen atoms in total. The van der Waals surface area contributed by atoms with Crippen molar-refractivity contribution in [3.05, 3.63) is 58.6 Å². The van der Waals surface area contributed by atoms with E-state index in [1.165, 1.54) is 0 Å².